The molecule has 0 aromatic heterocycles. The van der Waals surface area contributed by atoms with Crippen LogP contribution < -0.4 is 10.6 Å². The average molecular weight is 202 g/mol. The molecule has 0 amide bonds. The number of hydrogen-bond donors (Lipinski definition) is 1. The number of nitrogens with zero attached hydrogens (tertiary/aromatic N) is 1. The van der Waals surface area contributed by atoms with E-state index in [1.165, 1.54) is 36.1 Å². The molecule has 15 heavy (non-hydrogen) atoms. The molecule has 0 aliphatic carbocycles. The van der Waals surface area contributed by atoms with Gasteiger partial charge < -0.3 is 10.6 Å². The van der Waals surface area contributed by atoms with Crippen molar-refractivity contribution in [2.24, 2.45) is 5.73 Å². The molecule has 2 atom stereocenters. The van der Waals surface area contributed by atoms with Gasteiger partial charge in [0.1, 0.15) is 0 Å². The van der Waals surface area contributed by atoms with E-state index >= 15 is 0 Å². The third kappa shape index (κ3) is 1.21. The van der Waals surface area contributed by atoms with E-state index in [1.807, 2.05) is 0 Å². The summed E-state index contributed by atoms with van der Waals surface area (Å²) in [4.78, 5) is 2.59. The predicted octanol–water partition coefficient (Wildman–Crippen LogP) is 1.85. The van der Waals surface area contributed by atoms with Crippen LogP contribution in [0.4, 0.5) is 5.69 Å². The highest BCUT2D eigenvalue weighted by molar-refractivity contribution is 5.65. The largest absolute Gasteiger partial charge is 0.364 e. The highest BCUT2D eigenvalue weighted by Crippen LogP contribution is 2.42. The van der Waals surface area contributed by atoms with Crippen molar-refractivity contribution in [2.75, 3.05) is 11.4 Å². The normalized spacial score (nSPS) is 28.0. The van der Waals surface area contributed by atoms with Gasteiger partial charge in [0.2, 0.25) is 0 Å². The molecule has 1 aromatic rings. The maximum atomic E-state index is 5.86. The number of para-hydroxylation sites is 1. The molecule has 2 nitrogen and oxygen atoms in total. The lowest BCUT2D eigenvalue weighted by Gasteiger charge is -2.27. The number of hydrogen-bond acceptors (Lipinski definition) is 2. The van der Waals surface area contributed by atoms with Crippen molar-refractivity contribution in [3.63, 3.8) is 0 Å². The Kier molecular flexibility index (Phi) is 1.99. The topological polar surface area (TPSA) is 29.3 Å². The van der Waals surface area contributed by atoms with Crippen LogP contribution in [0.3, 0.4) is 0 Å². The van der Waals surface area contributed by atoms with Gasteiger partial charge in [0.05, 0.1) is 0 Å². The molecule has 0 bridgehead atoms. The van der Waals surface area contributed by atoms with Gasteiger partial charge in [-0.05, 0) is 37.3 Å². The lowest BCUT2D eigenvalue weighted by molar-refractivity contribution is 0.658. The molecule has 0 radical (unpaired) electrons. The summed E-state index contributed by atoms with van der Waals surface area (Å²) in [5.74, 6) is 0. The smallest absolute Gasteiger partial charge is 0.0434 e. The van der Waals surface area contributed by atoms with Crippen molar-refractivity contribution < 1.29 is 0 Å². The Bertz CT molecular complexity index is 384. The molecule has 1 fully saturated rings. The van der Waals surface area contributed by atoms with E-state index in [9.17, 15) is 0 Å². The van der Waals surface area contributed by atoms with E-state index in [-0.39, 0.29) is 0 Å². The van der Waals surface area contributed by atoms with Crippen LogP contribution in [0.5, 0.6) is 0 Å². The second-order valence-electron chi connectivity index (χ2n) is 4.81. The van der Waals surface area contributed by atoms with Crippen molar-refractivity contribution in [3.05, 3.63) is 29.3 Å². The van der Waals surface area contributed by atoms with E-state index in [1.54, 1.807) is 0 Å². The number of aryl methyl sites for hydroxylation is 1. The van der Waals surface area contributed by atoms with Gasteiger partial charge in [-0.2, -0.15) is 0 Å². The summed E-state index contributed by atoms with van der Waals surface area (Å²) < 4.78 is 0. The number of anilines is 1. The maximum Gasteiger partial charge on any atom is 0.0434 e. The predicted molar refractivity (Wildman–Crippen MR) is 63.2 cm³/mol. The number of nitrogens with two attached hydrogens (primary N) is 1. The molecule has 1 aromatic carbocycles. The Labute approximate surface area is 91.1 Å². The monoisotopic (exact) mass is 202 g/mol. The van der Waals surface area contributed by atoms with E-state index < -0.39 is 0 Å². The summed E-state index contributed by atoms with van der Waals surface area (Å²) in [5.41, 5.74) is 10.3. The van der Waals surface area contributed by atoms with Gasteiger partial charge >= 0.3 is 0 Å². The minimum atomic E-state index is 0.581. The molecular formula is C13H18N2. The average Bonchev–Trinajstić information content (AvgIpc) is 2.75. The second kappa shape index (κ2) is 3.24. The molecule has 2 N–H and O–H groups in total. The molecule has 3 rings (SSSR count). The van der Waals surface area contributed by atoms with Crippen LogP contribution in [0.25, 0.3) is 0 Å². The molecule has 0 spiro atoms. The van der Waals surface area contributed by atoms with Gasteiger partial charge in [0.25, 0.3) is 0 Å². The van der Waals surface area contributed by atoms with Gasteiger partial charge in [-0.25, -0.2) is 0 Å². The first-order valence-electron chi connectivity index (χ1n) is 5.88. The lowest BCUT2D eigenvalue weighted by atomic mass is 10.0. The Morgan fingerprint density at radius 2 is 2.27 bits per heavy atom. The van der Waals surface area contributed by atoms with Crippen molar-refractivity contribution in [1.82, 2.24) is 0 Å². The highest BCUT2D eigenvalue weighted by Gasteiger charge is 2.39. The van der Waals surface area contributed by atoms with E-state index in [0.29, 0.717) is 6.04 Å². The van der Waals surface area contributed by atoms with Crippen LogP contribution in [0.1, 0.15) is 24.0 Å². The molecule has 0 saturated carbocycles. The number of fused-ring (bicyclic) bond motifs is 3. The zero-order valence-corrected chi connectivity index (χ0v) is 9.24. The Morgan fingerprint density at radius 3 is 3.07 bits per heavy atom. The molecule has 2 aliphatic heterocycles. The minimum Gasteiger partial charge on any atom is -0.364 e. The van der Waals surface area contributed by atoms with Crippen LogP contribution >= 0.6 is 0 Å². The molecule has 2 aliphatic rings. The lowest BCUT2D eigenvalue weighted by Crippen LogP contribution is -2.38. The maximum absolute atomic E-state index is 5.86. The van der Waals surface area contributed by atoms with Gasteiger partial charge in [-0.1, -0.05) is 18.2 Å². The van der Waals surface area contributed by atoms with Gasteiger partial charge in [0.15, 0.2) is 0 Å². The van der Waals surface area contributed by atoms with Crippen LogP contribution in [-0.2, 0) is 6.42 Å². The van der Waals surface area contributed by atoms with Crippen molar-refractivity contribution in [3.8, 4) is 0 Å². The van der Waals surface area contributed by atoms with E-state index in [2.05, 4.69) is 30.0 Å². The fourth-order valence-electron chi connectivity index (χ4n) is 3.27. The second-order valence-corrected chi connectivity index (χ2v) is 4.81. The fraction of sp³-hybridized carbons (Fsp3) is 0.538. The Balaban J connectivity index is 2.07. The number of benzene rings is 1. The minimum absolute atomic E-state index is 0.581. The van der Waals surface area contributed by atoms with Crippen LogP contribution in [0.15, 0.2) is 18.2 Å². The standard InChI is InChI=1S/C13H18N2/c1-9-3-2-4-10-7-11-5-6-12(8-14)15(11)13(9)10/h2-4,11-12H,5-8,14H2,1H3. The molecular weight excluding hydrogens is 184 g/mol. The first-order chi connectivity index (χ1) is 7.31. The zero-order valence-electron chi connectivity index (χ0n) is 9.24. The van der Waals surface area contributed by atoms with Crippen molar-refractivity contribution >= 4 is 5.69 Å². The fourth-order valence-corrected chi connectivity index (χ4v) is 3.27. The summed E-state index contributed by atoms with van der Waals surface area (Å²) in [5, 5.41) is 0. The quantitative estimate of drug-likeness (QED) is 0.753. The van der Waals surface area contributed by atoms with Gasteiger partial charge in [-0.15, -0.1) is 0 Å². The van der Waals surface area contributed by atoms with Crippen LogP contribution in [-0.4, -0.2) is 18.6 Å². The zero-order chi connectivity index (χ0) is 10.4. The Hall–Kier alpha value is -1.02. The van der Waals surface area contributed by atoms with Gasteiger partial charge in [0, 0.05) is 24.3 Å². The molecule has 2 heterocycles. The van der Waals surface area contributed by atoms with Crippen molar-refractivity contribution in [1.29, 1.82) is 0 Å². The van der Waals surface area contributed by atoms with E-state index in [0.717, 1.165) is 12.6 Å². The van der Waals surface area contributed by atoms with Crippen LogP contribution in [0, 0.1) is 6.92 Å². The summed E-state index contributed by atoms with van der Waals surface area (Å²) in [6.45, 7) is 3.01. The molecule has 2 unspecified atom stereocenters. The first kappa shape index (κ1) is 9.22. The van der Waals surface area contributed by atoms with E-state index in [4.69, 9.17) is 5.73 Å². The molecule has 80 valence electrons. The third-order valence-electron chi connectivity index (χ3n) is 3.93. The first-order valence-corrected chi connectivity index (χ1v) is 5.88. The summed E-state index contributed by atoms with van der Waals surface area (Å²) in [6, 6.07) is 7.97. The SMILES string of the molecule is Cc1cccc2c1N1C(CN)CCC1C2. The van der Waals surface area contributed by atoms with Crippen molar-refractivity contribution in [2.45, 2.75) is 38.3 Å². The molecule has 1 saturated heterocycles. The third-order valence-corrected chi connectivity index (χ3v) is 3.93. The highest BCUT2D eigenvalue weighted by atomic mass is 15.2. The van der Waals surface area contributed by atoms with Gasteiger partial charge in [-0.3, -0.25) is 0 Å². The number of rotatable bonds is 1. The summed E-state index contributed by atoms with van der Waals surface area (Å²) in [7, 11) is 0. The molecule has 2 heteroatoms. The van der Waals surface area contributed by atoms with Crippen LogP contribution in [0.2, 0.25) is 0 Å². The Morgan fingerprint density at radius 1 is 1.40 bits per heavy atom. The summed E-state index contributed by atoms with van der Waals surface area (Å²) >= 11 is 0. The summed E-state index contributed by atoms with van der Waals surface area (Å²) in [6.07, 6.45) is 3.82.